The molecule has 0 spiro atoms. The van der Waals surface area contributed by atoms with Gasteiger partial charge in [-0.1, -0.05) is 0 Å². The van der Waals surface area contributed by atoms with E-state index in [-0.39, 0.29) is 11.9 Å². The molecule has 102 valence electrons. The van der Waals surface area contributed by atoms with Crippen LogP contribution in [0.25, 0.3) is 0 Å². The highest BCUT2D eigenvalue weighted by molar-refractivity contribution is 5.79. The number of aromatic amines is 2. The van der Waals surface area contributed by atoms with Crippen LogP contribution in [-0.4, -0.2) is 26.1 Å². The minimum absolute atomic E-state index is 0.0332. The first kappa shape index (κ1) is 13.3. The number of H-pyrrole nitrogens is 2. The van der Waals surface area contributed by atoms with Crippen molar-refractivity contribution in [1.82, 2.24) is 25.5 Å². The Hall–Kier alpha value is -2.11. The zero-order chi connectivity index (χ0) is 14.0. The number of aryl methyl sites for hydroxylation is 3. The van der Waals surface area contributed by atoms with Gasteiger partial charge in [-0.3, -0.25) is 9.89 Å². The molecule has 3 N–H and O–H groups in total. The molecule has 1 atom stereocenters. The van der Waals surface area contributed by atoms with Crippen LogP contribution < -0.4 is 5.32 Å². The first-order valence-corrected chi connectivity index (χ1v) is 6.28. The van der Waals surface area contributed by atoms with E-state index in [0.29, 0.717) is 6.42 Å². The van der Waals surface area contributed by atoms with Crippen molar-refractivity contribution in [1.29, 1.82) is 0 Å². The van der Waals surface area contributed by atoms with Crippen molar-refractivity contribution in [3.63, 3.8) is 0 Å². The minimum Gasteiger partial charge on any atom is -0.346 e. The maximum Gasteiger partial charge on any atom is 0.225 e. The van der Waals surface area contributed by atoms with E-state index in [9.17, 15) is 4.79 Å². The van der Waals surface area contributed by atoms with E-state index >= 15 is 0 Å². The van der Waals surface area contributed by atoms with Gasteiger partial charge in [0.15, 0.2) is 0 Å². The molecule has 0 bridgehead atoms. The normalized spacial score (nSPS) is 12.4. The van der Waals surface area contributed by atoms with E-state index in [2.05, 4.69) is 25.5 Å². The van der Waals surface area contributed by atoms with Gasteiger partial charge in [0.2, 0.25) is 5.91 Å². The summed E-state index contributed by atoms with van der Waals surface area (Å²) >= 11 is 0. The van der Waals surface area contributed by atoms with Gasteiger partial charge in [0, 0.05) is 23.1 Å². The van der Waals surface area contributed by atoms with Gasteiger partial charge in [0.05, 0.1) is 18.2 Å². The molecule has 6 nitrogen and oxygen atoms in total. The molecule has 0 aliphatic rings. The van der Waals surface area contributed by atoms with Gasteiger partial charge < -0.3 is 10.3 Å². The number of imidazole rings is 1. The molecule has 0 aliphatic heterocycles. The number of nitrogens with one attached hydrogen (secondary N) is 3. The number of hydrogen-bond donors (Lipinski definition) is 3. The second-order valence-electron chi connectivity index (χ2n) is 4.83. The van der Waals surface area contributed by atoms with Gasteiger partial charge >= 0.3 is 0 Å². The Kier molecular flexibility index (Phi) is 3.69. The van der Waals surface area contributed by atoms with Crippen LogP contribution in [0.1, 0.15) is 41.4 Å². The van der Waals surface area contributed by atoms with Crippen molar-refractivity contribution in [2.45, 2.75) is 40.2 Å². The van der Waals surface area contributed by atoms with Crippen molar-refractivity contribution in [3.8, 4) is 0 Å². The predicted octanol–water partition coefficient (Wildman–Crippen LogP) is 1.48. The first-order chi connectivity index (χ1) is 8.97. The number of carbonyl (C=O) groups is 1. The molecular formula is C13H19N5O. The van der Waals surface area contributed by atoms with Crippen molar-refractivity contribution >= 4 is 5.91 Å². The molecule has 0 aromatic carbocycles. The van der Waals surface area contributed by atoms with Crippen molar-refractivity contribution in [2.24, 2.45) is 0 Å². The summed E-state index contributed by atoms with van der Waals surface area (Å²) in [7, 11) is 0. The topological polar surface area (TPSA) is 86.5 Å². The average Bonchev–Trinajstić information content (AvgIpc) is 2.90. The highest BCUT2D eigenvalue weighted by Crippen LogP contribution is 2.12. The summed E-state index contributed by atoms with van der Waals surface area (Å²) in [6.45, 7) is 7.65. The zero-order valence-corrected chi connectivity index (χ0v) is 11.7. The lowest BCUT2D eigenvalue weighted by atomic mass is 10.1. The van der Waals surface area contributed by atoms with Gasteiger partial charge in [-0.05, 0) is 27.7 Å². The van der Waals surface area contributed by atoms with E-state index in [0.717, 1.165) is 28.5 Å². The maximum atomic E-state index is 12.0. The molecule has 0 saturated carbocycles. The van der Waals surface area contributed by atoms with Crippen LogP contribution in [-0.2, 0) is 11.2 Å². The Morgan fingerprint density at radius 2 is 2.16 bits per heavy atom. The van der Waals surface area contributed by atoms with E-state index in [1.807, 2.05) is 27.7 Å². The number of rotatable bonds is 4. The zero-order valence-electron chi connectivity index (χ0n) is 11.7. The molecule has 0 saturated heterocycles. The lowest BCUT2D eigenvalue weighted by molar-refractivity contribution is -0.121. The number of hydrogen-bond acceptors (Lipinski definition) is 3. The SMILES string of the molecule is Cc1cnc(C(C)NC(=O)Cc2c(C)n[nH]c2C)[nH]1. The summed E-state index contributed by atoms with van der Waals surface area (Å²) in [4.78, 5) is 19.3. The van der Waals surface area contributed by atoms with Crippen LogP contribution in [0.2, 0.25) is 0 Å². The number of amides is 1. The molecule has 2 rings (SSSR count). The molecule has 1 amide bonds. The summed E-state index contributed by atoms with van der Waals surface area (Å²) < 4.78 is 0. The monoisotopic (exact) mass is 261 g/mol. The standard InChI is InChI=1S/C13H19N5O/c1-7-6-14-13(15-7)10(4)16-12(19)5-11-8(2)17-18-9(11)3/h6,10H,5H2,1-4H3,(H,14,15)(H,16,19)(H,17,18). The average molecular weight is 261 g/mol. The summed E-state index contributed by atoms with van der Waals surface area (Å²) in [6, 6.07) is -0.131. The third kappa shape index (κ3) is 3.01. The number of carbonyl (C=O) groups excluding carboxylic acids is 1. The molecule has 2 heterocycles. The Labute approximate surface area is 112 Å². The van der Waals surface area contributed by atoms with E-state index in [1.54, 1.807) is 6.20 Å². The van der Waals surface area contributed by atoms with E-state index in [4.69, 9.17) is 0 Å². The fraction of sp³-hybridized carbons (Fsp3) is 0.462. The Morgan fingerprint density at radius 3 is 2.68 bits per heavy atom. The minimum atomic E-state index is -0.131. The second kappa shape index (κ2) is 5.26. The van der Waals surface area contributed by atoms with Crippen LogP contribution in [0.5, 0.6) is 0 Å². The number of aromatic nitrogens is 4. The third-order valence-corrected chi connectivity index (χ3v) is 3.13. The van der Waals surface area contributed by atoms with Crippen LogP contribution in [0.3, 0.4) is 0 Å². The molecule has 0 aliphatic carbocycles. The van der Waals surface area contributed by atoms with E-state index < -0.39 is 0 Å². The molecule has 0 fully saturated rings. The van der Waals surface area contributed by atoms with Crippen molar-refractivity contribution in [3.05, 3.63) is 34.7 Å². The molecule has 6 heteroatoms. The van der Waals surface area contributed by atoms with Crippen LogP contribution >= 0.6 is 0 Å². The lowest BCUT2D eigenvalue weighted by Crippen LogP contribution is -2.29. The van der Waals surface area contributed by atoms with Gasteiger partial charge in [-0.2, -0.15) is 5.10 Å². The number of nitrogens with zero attached hydrogens (tertiary/aromatic N) is 2. The van der Waals surface area contributed by atoms with Crippen molar-refractivity contribution < 1.29 is 4.79 Å². The molecule has 2 aromatic heterocycles. The molecule has 1 unspecified atom stereocenters. The molecule has 2 aromatic rings. The van der Waals surface area contributed by atoms with Gasteiger partial charge in [-0.15, -0.1) is 0 Å². The van der Waals surface area contributed by atoms with E-state index in [1.165, 1.54) is 0 Å². The van der Waals surface area contributed by atoms with Crippen molar-refractivity contribution in [2.75, 3.05) is 0 Å². The molecule has 19 heavy (non-hydrogen) atoms. The second-order valence-corrected chi connectivity index (χ2v) is 4.83. The van der Waals surface area contributed by atoms with Gasteiger partial charge in [0.25, 0.3) is 0 Å². The fourth-order valence-electron chi connectivity index (χ4n) is 2.01. The maximum absolute atomic E-state index is 12.0. The highest BCUT2D eigenvalue weighted by atomic mass is 16.1. The van der Waals surface area contributed by atoms with Crippen LogP contribution in [0.4, 0.5) is 0 Å². The van der Waals surface area contributed by atoms with Gasteiger partial charge in [-0.25, -0.2) is 4.98 Å². The molecule has 0 radical (unpaired) electrons. The molecular weight excluding hydrogens is 242 g/mol. The summed E-state index contributed by atoms with van der Waals surface area (Å²) in [6.07, 6.45) is 2.08. The largest absolute Gasteiger partial charge is 0.346 e. The van der Waals surface area contributed by atoms with Gasteiger partial charge in [0.1, 0.15) is 5.82 Å². The highest BCUT2D eigenvalue weighted by Gasteiger charge is 2.15. The summed E-state index contributed by atoms with van der Waals surface area (Å²) in [5.41, 5.74) is 3.75. The quantitative estimate of drug-likeness (QED) is 0.779. The predicted molar refractivity (Wildman–Crippen MR) is 71.6 cm³/mol. The smallest absolute Gasteiger partial charge is 0.225 e. The summed E-state index contributed by atoms with van der Waals surface area (Å²) in [5.74, 6) is 0.737. The fourth-order valence-corrected chi connectivity index (χ4v) is 2.01. The summed E-state index contributed by atoms with van der Waals surface area (Å²) in [5, 5.41) is 9.90. The first-order valence-electron chi connectivity index (χ1n) is 6.28. The Balaban J connectivity index is 1.98. The van der Waals surface area contributed by atoms with Crippen LogP contribution in [0.15, 0.2) is 6.20 Å². The Bertz CT molecular complexity index is 564. The third-order valence-electron chi connectivity index (χ3n) is 3.13. The Morgan fingerprint density at radius 1 is 1.42 bits per heavy atom. The van der Waals surface area contributed by atoms with Crippen LogP contribution in [0, 0.1) is 20.8 Å². The lowest BCUT2D eigenvalue weighted by Gasteiger charge is -2.11.